The van der Waals surface area contributed by atoms with Gasteiger partial charge in [-0.2, -0.15) is 10.2 Å². The average molecular weight is 359 g/mol. The van der Waals surface area contributed by atoms with Crippen LogP contribution >= 0.6 is 0 Å². The Morgan fingerprint density at radius 3 is 2.67 bits per heavy atom. The molecule has 0 aliphatic heterocycles. The molecule has 134 valence electrons. The maximum atomic E-state index is 12.4. The fraction of sp³-hybridized carbons (Fsp3) is 0.0526. The molecule has 8 heteroatoms. The number of urea groups is 1. The first-order valence-electron chi connectivity index (χ1n) is 8.37. The van der Waals surface area contributed by atoms with Gasteiger partial charge in [0.2, 0.25) is 0 Å². The number of rotatable bonds is 5. The van der Waals surface area contributed by atoms with Crippen molar-refractivity contribution in [2.24, 2.45) is 0 Å². The summed E-state index contributed by atoms with van der Waals surface area (Å²) >= 11 is 0. The van der Waals surface area contributed by atoms with E-state index >= 15 is 0 Å². The van der Waals surface area contributed by atoms with Gasteiger partial charge in [-0.05, 0) is 23.8 Å². The van der Waals surface area contributed by atoms with E-state index in [4.69, 9.17) is 0 Å². The summed E-state index contributed by atoms with van der Waals surface area (Å²) in [6.45, 7) is 0.635. The molecule has 0 fully saturated rings. The van der Waals surface area contributed by atoms with E-state index in [1.165, 1.54) is 0 Å². The fourth-order valence-electron chi connectivity index (χ4n) is 2.64. The van der Waals surface area contributed by atoms with Crippen molar-refractivity contribution in [1.29, 1.82) is 0 Å². The van der Waals surface area contributed by atoms with Crippen molar-refractivity contribution in [1.82, 2.24) is 24.5 Å². The van der Waals surface area contributed by atoms with Crippen LogP contribution in [0.4, 0.5) is 16.2 Å². The average Bonchev–Trinajstić information content (AvgIpc) is 3.35. The molecule has 0 bridgehead atoms. The van der Waals surface area contributed by atoms with Gasteiger partial charge in [-0.15, -0.1) is 0 Å². The normalized spacial score (nSPS) is 10.5. The largest absolute Gasteiger partial charge is 0.323 e. The Kier molecular flexibility index (Phi) is 4.60. The van der Waals surface area contributed by atoms with Gasteiger partial charge < -0.3 is 10.6 Å². The van der Waals surface area contributed by atoms with Gasteiger partial charge in [0, 0.05) is 24.8 Å². The standard InChI is InChI=1S/C19H17N7O/c27-19(24-17-8-4-9-20-18(17)26-11-5-10-21-26)23-16-12-22-25(14-16)13-15-6-2-1-3-7-15/h1-12,14H,13H2,(H2,23,24,27). The van der Waals surface area contributed by atoms with E-state index in [-0.39, 0.29) is 6.03 Å². The van der Waals surface area contributed by atoms with E-state index in [0.717, 1.165) is 5.56 Å². The number of carbonyl (C=O) groups is 1. The number of nitrogens with zero attached hydrogens (tertiary/aromatic N) is 5. The third-order valence-corrected chi connectivity index (χ3v) is 3.83. The highest BCUT2D eigenvalue weighted by Gasteiger charge is 2.10. The maximum absolute atomic E-state index is 12.4. The highest BCUT2D eigenvalue weighted by molar-refractivity contribution is 6.00. The minimum absolute atomic E-state index is 0.379. The third kappa shape index (κ3) is 4.01. The lowest BCUT2D eigenvalue weighted by molar-refractivity contribution is 0.262. The lowest BCUT2D eigenvalue weighted by atomic mass is 10.2. The van der Waals surface area contributed by atoms with Gasteiger partial charge in [-0.1, -0.05) is 30.3 Å². The van der Waals surface area contributed by atoms with Crippen molar-refractivity contribution in [2.75, 3.05) is 10.6 Å². The first-order valence-corrected chi connectivity index (χ1v) is 8.37. The Morgan fingerprint density at radius 2 is 1.85 bits per heavy atom. The molecule has 4 rings (SSSR count). The smallest absolute Gasteiger partial charge is 0.305 e. The van der Waals surface area contributed by atoms with E-state index in [1.54, 1.807) is 58.5 Å². The van der Waals surface area contributed by atoms with Crippen molar-refractivity contribution in [3.63, 3.8) is 0 Å². The summed E-state index contributed by atoms with van der Waals surface area (Å²) < 4.78 is 3.36. The van der Waals surface area contributed by atoms with Crippen LogP contribution in [0.5, 0.6) is 0 Å². The molecular formula is C19H17N7O. The molecule has 2 amide bonds. The first-order chi connectivity index (χ1) is 13.3. The summed E-state index contributed by atoms with van der Waals surface area (Å²) in [7, 11) is 0. The van der Waals surface area contributed by atoms with Crippen LogP contribution in [0.25, 0.3) is 5.82 Å². The van der Waals surface area contributed by atoms with Crippen LogP contribution in [0, 0.1) is 0 Å². The van der Waals surface area contributed by atoms with Crippen LogP contribution in [0.2, 0.25) is 0 Å². The number of amides is 2. The molecule has 0 aliphatic carbocycles. The molecule has 0 unspecified atom stereocenters. The highest BCUT2D eigenvalue weighted by atomic mass is 16.2. The topological polar surface area (TPSA) is 89.7 Å². The summed E-state index contributed by atoms with van der Waals surface area (Å²) in [5.74, 6) is 0.539. The zero-order valence-corrected chi connectivity index (χ0v) is 14.4. The molecule has 2 N–H and O–H groups in total. The molecule has 27 heavy (non-hydrogen) atoms. The molecule has 0 spiro atoms. The Balaban J connectivity index is 1.42. The van der Waals surface area contributed by atoms with Crippen molar-refractivity contribution in [3.8, 4) is 5.82 Å². The fourth-order valence-corrected chi connectivity index (χ4v) is 2.64. The zero-order chi connectivity index (χ0) is 18.5. The number of benzene rings is 1. The van der Waals surface area contributed by atoms with Gasteiger partial charge in [0.25, 0.3) is 0 Å². The lowest BCUT2D eigenvalue weighted by Crippen LogP contribution is -2.20. The quantitative estimate of drug-likeness (QED) is 0.573. The minimum Gasteiger partial charge on any atom is -0.305 e. The molecular weight excluding hydrogens is 342 g/mol. The molecule has 0 aliphatic rings. The number of hydrogen-bond acceptors (Lipinski definition) is 4. The number of nitrogens with one attached hydrogen (secondary N) is 2. The molecule has 0 saturated carbocycles. The number of pyridine rings is 1. The van der Waals surface area contributed by atoms with Gasteiger partial charge in [0.15, 0.2) is 5.82 Å². The van der Waals surface area contributed by atoms with Crippen LogP contribution in [-0.4, -0.2) is 30.6 Å². The van der Waals surface area contributed by atoms with Crippen LogP contribution in [0.15, 0.2) is 79.5 Å². The van der Waals surface area contributed by atoms with Crippen LogP contribution in [-0.2, 0) is 6.54 Å². The first kappa shape index (κ1) is 16.5. The summed E-state index contributed by atoms with van der Waals surface area (Å²) in [6, 6.07) is 14.9. The predicted molar refractivity (Wildman–Crippen MR) is 102 cm³/mol. The van der Waals surface area contributed by atoms with Crippen molar-refractivity contribution < 1.29 is 4.79 Å². The lowest BCUT2D eigenvalue weighted by Gasteiger charge is -2.10. The van der Waals surface area contributed by atoms with Gasteiger partial charge >= 0.3 is 6.03 Å². The van der Waals surface area contributed by atoms with Crippen LogP contribution < -0.4 is 10.6 Å². The van der Waals surface area contributed by atoms with Crippen LogP contribution in [0.3, 0.4) is 0 Å². The number of aromatic nitrogens is 5. The maximum Gasteiger partial charge on any atom is 0.323 e. The summed E-state index contributed by atoms with van der Waals surface area (Å²) in [6.07, 6.45) is 8.46. The van der Waals surface area contributed by atoms with Crippen molar-refractivity contribution in [3.05, 3.63) is 85.1 Å². The Morgan fingerprint density at radius 1 is 0.963 bits per heavy atom. The van der Waals surface area contributed by atoms with E-state index in [2.05, 4.69) is 25.8 Å². The second-order valence-electron chi connectivity index (χ2n) is 5.82. The molecule has 1 aromatic carbocycles. The molecule has 3 aromatic heterocycles. The van der Waals surface area contributed by atoms with Gasteiger partial charge in [0.1, 0.15) is 0 Å². The van der Waals surface area contributed by atoms with E-state index in [9.17, 15) is 4.79 Å². The Hall–Kier alpha value is -3.94. The number of hydrogen-bond donors (Lipinski definition) is 2. The Labute approximate surface area is 155 Å². The third-order valence-electron chi connectivity index (χ3n) is 3.83. The predicted octanol–water partition coefficient (Wildman–Crippen LogP) is 3.16. The molecule has 0 radical (unpaired) electrons. The Bertz CT molecular complexity index is 1030. The second-order valence-corrected chi connectivity index (χ2v) is 5.82. The molecule has 3 heterocycles. The SMILES string of the molecule is O=C(Nc1cnn(Cc2ccccc2)c1)Nc1cccnc1-n1cccn1. The van der Waals surface area contributed by atoms with Crippen molar-refractivity contribution in [2.45, 2.75) is 6.54 Å². The van der Waals surface area contributed by atoms with Gasteiger partial charge in [-0.3, -0.25) is 4.68 Å². The van der Waals surface area contributed by atoms with Gasteiger partial charge in [0.05, 0.1) is 24.1 Å². The number of carbonyl (C=O) groups excluding carboxylic acids is 1. The molecule has 0 atom stereocenters. The number of anilines is 2. The minimum atomic E-state index is -0.379. The van der Waals surface area contributed by atoms with E-state index < -0.39 is 0 Å². The monoisotopic (exact) mass is 359 g/mol. The molecule has 0 saturated heterocycles. The summed E-state index contributed by atoms with van der Waals surface area (Å²) in [5.41, 5.74) is 2.29. The second kappa shape index (κ2) is 7.52. The molecule has 8 nitrogen and oxygen atoms in total. The molecule has 4 aromatic rings. The summed E-state index contributed by atoms with van der Waals surface area (Å²) in [4.78, 5) is 16.6. The van der Waals surface area contributed by atoms with E-state index in [1.807, 2.05) is 30.3 Å². The van der Waals surface area contributed by atoms with Crippen molar-refractivity contribution >= 4 is 17.4 Å². The van der Waals surface area contributed by atoms with E-state index in [0.29, 0.717) is 23.7 Å². The summed E-state index contributed by atoms with van der Waals surface area (Å²) in [5, 5.41) is 14.0. The zero-order valence-electron chi connectivity index (χ0n) is 14.4. The van der Waals surface area contributed by atoms with Crippen LogP contribution in [0.1, 0.15) is 5.56 Å². The highest BCUT2D eigenvalue weighted by Crippen LogP contribution is 2.17. The van der Waals surface area contributed by atoms with Gasteiger partial charge in [-0.25, -0.2) is 14.5 Å².